The number of rotatable bonds is 12. The molecule has 1 fully saturated rings. The summed E-state index contributed by atoms with van der Waals surface area (Å²) in [5.74, 6) is -2.38. The van der Waals surface area contributed by atoms with Crippen LogP contribution in [0.15, 0.2) is 30.7 Å². The van der Waals surface area contributed by atoms with Crippen molar-refractivity contribution in [2.75, 3.05) is 18.7 Å². The first-order valence-electron chi connectivity index (χ1n) is 13.5. The normalized spacial score (nSPS) is 12.5. The lowest BCUT2D eigenvalue weighted by Gasteiger charge is -2.20. The second-order valence-electron chi connectivity index (χ2n) is 9.82. The average molecular weight is 581 g/mol. The van der Waals surface area contributed by atoms with E-state index in [4.69, 9.17) is 14.6 Å². The van der Waals surface area contributed by atoms with Crippen molar-refractivity contribution < 1.29 is 38.6 Å². The molecule has 0 radical (unpaired) electrons. The number of nitrogens with one attached hydrogen (secondary N) is 2. The third-order valence-corrected chi connectivity index (χ3v) is 6.62. The van der Waals surface area contributed by atoms with Crippen molar-refractivity contribution in [2.24, 2.45) is 0 Å². The third kappa shape index (κ3) is 7.00. The molecule has 14 heteroatoms. The standard InChI is InChI=1S/C28H32N6O8/c1-4-11-29-26(38)20-13-33-24(17(20)3)25(30-14-31-33)32-21-12-18(6-5-16(21)2)27(39)34(19-7-8-19)28(40)42-15-41-23(37)10-9-22(35)36/h5-6,12-14,19H,4,7-11,15H2,1-3H3,(H,29,38)(H,35,36)(H,30,31,32). The molecule has 3 N–H and O–H groups in total. The van der Waals surface area contributed by atoms with E-state index in [1.165, 1.54) is 6.33 Å². The van der Waals surface area contributed by atoms with Crippen LogP contribution >= 0.6 is 0 Å². The van der Waals surface area contributed by atoms with Crippen LogP contribution in [-0.2, 0) is 19.1 Å². The number of carbonyl (C=O) groups excluding carboxylic acids is 4. The summed E-state index contributed by atoms with van der Waals surface area (Å²) < 4.78 is 11.3. The maximum atomic E-state index is 13.4. The molecule has 0 spiro atoms. The molecule has 2 aromatic heterocycles. The molecule has 0 atom stereocenters. The fraction of sp³-hybridized carbons (Fsp3) is 0.393. The van der Waals surface area contributed by atoms with Crippen LogP contribution in [0.25, 0.3) is 5.52 Å². The Morgan fingerprint density at radius 3 is 2.57 bits per heavy atom. The highest BCUT2D eigenvalue weighted by Crippen LogP contribution is 2.31. The Labute approximate surface area is 241 Å². The van der Waals surface area contributed by atoms with Crippen LogP contribution in [0.3, 0.4) is 0 Å². The van der Waals surface area contributed by atoms with E-state index in [9.17, 15) is 24.0 Å². The van der Waals surface area contributed by atoms with Crippen molar-refractivity contribution in [3.05, 3.63) is 53.0 Å². The number of fused-ring (bicyclic) bond motifs is 1. The first-order chi connectivity index (χ1) is 20.1. The molecule has 3 aromatic rings. The number of aryl methyl sites for hydroxylation is 2. The summed E-state index contributed by atoms with van der Waals surface area (Å²) in [5.41, 5.74) is 3.30. The second-order valence-corrected chi connectivity index (χ2v) is 9.82. The monoisotopic (exact) mass is 580 g/mol. The van der Waals surface area contributed by atoms with Crippen LogP contribution < -0.4 is 10.6 Å². The molecule has 42 heavy (non-hydrogen) atoms. The van der Waals surface area contributed by atoms with Gasteiger partial charge < -0.3 is 25.2 Å². The molecule has 222 valence electrons. The van der Waals surface area contributed by atoms with E-state index < -0.39 is 37.2 Å². The molecular weight excluding hydrogens is 548 g/mol. The Hall–Kier alpha value is -5.01. The lowest BCUT2D eigenvalue weighted by Crippen LogP contribution is -2.39. The van der Waals surface area contributed by atoms with Crippen molar-refractivity contribution in [3.63, 3.8) is 0 Å². The van der Waals surface area contributed by atoms with Gasteiger partial charge in [-0.05, 0) is 56.4 Å². The van der Waals surface area contributed by atoms with Crippen molar-refractivity contribution in [3.8, 4) is 0 Å². The highest BCUT2D eigenvalue weighted by atomic mass is 16.7. The van der Waals surface area contributed by atoms with E-state index in [0.717, 1.165) is 16.9 Å². The van der Waals surface area contributed by atoms with E-state index >= 15 is 0 Å². The lowest BCUT2D eigenvalue weighted by molar-refractivity contribution is -0.154. The van der Waals surface area contributed by atoms with Gasteiger partial charge in [0.05, 0.1) is 18.4 Å². The number of nitrogens with zero attached hydrogens (tertiary/aromatic N) is 4. The van der Waals surface area contributed by atoms with Gasteiger partial charge in [-0.15, -0.1) is 0 Å². The average Bonchev–Trinajstić information content (AvgIpc) is 3.73. The summed E-state index contributed by atoms with van der Waals surface area (Å²) in [4.78, 5) is 66.4. The summed E-state index contributed by atoms with van der Waals surface area (Å²) in [5, 5.41) is 19.0. The molecule has 0 saturated heterocycles. The molecule has 3 amide bonds. The maximum Gasteiger partial charge on any atom is 0.419 e. The van der Waals surface area contributed by atoms with Crippen molar-refractivity contribution in [2.45, 2.75) is 58.9 Å². The fourth-order valence-electron chi connectivity index (χ4n) is 4.20. The van der Waals surface area contributed by atoms with Gasteiger partial charge in [-0.2, -0.15) is 5.10 Å². The zero-order chi connectivity index (χ0) is 30.4. The van der Waals surface area contributed by atoms with Gasteiger partial charge in [0.2, 0.25) is 6.79 Å². The second kappa shape index (κ2) is 13.1. The molecule has 14 nitrogen and oxygen atoms in total. The molecule has 4 rings (SSSR count). The van der Waals surface area contributed by atoms with Crippen LogP contribution in [0.4, 0.5) is 16.3 Å². The van der Waals surface area contributed by atoms with Gasteiger partial charge in [0.25, 0.3) is 11.8 Å². The molecule has 1 saturated carbocycles. The number of amides is 3. The minimum Gasteiger partial charge on any atom is -0.481 e. The minimum atomic E-state index is -1.16. The number of carboxylic acid groups (broad SMARTS) is 1. The molecule has 1 aromatic carbocycles. The number of hydrogen-bond donors (Lipinski definition) is 3. The van der Waals surface area contributed by atoms with Crippen molar-refractivity contribution >= 4 is 46.9 Å². The predicted molar refractivity (Wildman–Crippen MR) is 148 cm³/mol. The van der Waals surface area contributed by atoms with Gasteiger partial charge in [-0.3, -0.25) is 19.2 Å². The van der Waals surface area contributed by atoms with E-state index in [1.807, 2.05) is 13.8 Å². The SMILES string of the molecule is CCCNC(=O)c1cn2ncnc(Nc3cc(C(=O)N(C(=O)OCOC(=O)CCC(=O)O)C4CC4)ccc3C)c2c1C. The van der Waals surface area contributed by atoms with E-state index in [1.54, 1.807) is 35.8 Å². The van der Waals surface area contributed by atoms with Gasteiger partial charge in [0, 0.05) is 30.0 Å². The number of esters is 1. The largest absolute Gasteiger partial charge is 0.481 e. The van der Waals surface area contributed by atoms with Gasteiger partial charge in [0.15, 0.2) is 5.82 Å². The third-order valence-electron chi connectivity index (χ3n) is 6.62. The zero-order valence-electron chi connectivity index (χ0n) is 23.5. The lowest BCUT2D eigenvalue weighted by atomic mass is 10.1. The summed E-state index contributed by atoms with van der Waals surface area (Å²) >= 11 is 0. The Bertz CT molecular complexity index is 1530. The van der Waals surface area contributed by atoms with Crippen molar-refractivity contribution in [1.29, 1.82) is 0 Å². The molecule has 0 unspecified atom stereocenters. The number of carbonyl (C=O) groups is 5. The van der Waals surface area contributed by atoms with Gasteiger partial charge in [-0.25, -0.2) is 19.2 Å². The maximum absolute atomic E-state index is 13.4. The zero-order valence-corrected chi connectivity index (χ0v) is 23.5. The first-order valence-corrected chi connectivity index (χ1v) is 13.5. The van der Waals surface area contributed by atoms with Crippen LogP contribution in [0.2, 0.25) is 0 Å². The number of anilines is 2. The first kappa shape index (κ1) is 30.0. The fourth-order valence-corrected chi connectivity index (χ4v) is 4.20. The molecule has 0 aliphatic heterocycles. The molecule has 2 heterocycles. The van der Waals surface area contributed by atoms with E-state index in [0.29, 0.717) is 47.5 Å². The summed E-state index contributed by atoms with van der Waals surface area (Å²) in [6.45, 7) is 5.42. The number of benzene rings is 1. The minimum absolute atomic E-state index is 0.210. The topological polar surface area (TPSA) is 182 Å². The quantitative estimate of drug-likeness (QED) is 0.211. The van der Waals surface area contributed by atoms with Gasteiger partial charge >= 0.3 is 18.0 Å². The molecular formula is C28H32N6O8. The summed E-state index contributed by atoms with van der Waals surface area (Å²) in [6, 6.07) is 4.56. The Balaban J connectivity index is 1.51. The molecule has 1 aliphatic rings. The highest BCUT2D eigenvalue weighted by molar-refractivity contribution is 6.04. The summed E-state index contributed by atoms with van der Waals surface area (Å²) in [7, 11) is 0. The Kier molecular flexibility index (Phi) is 9.35. The smallest absolute Gasteiger partial charge is 0.419 e. The van der Waals surface area contributed by atoms with Crippen LogP contribution in [0.1, 0.15) is 70.9 Å². The molecule has 0 bridgehead atoms. The summed E-state index contributed by atoms with van der Waals surface area (Å²) in [6.07, 6.45) is 3.25. The predicted octanol–water partition coefficient (Wildman–Crippen LogP) is 3.34. The van der Waals surface area contributed by atoms with Gasteiger partial charge in [0.1, 0.15) is 11.8 Å². The Morgan fingerprint density at radius 1 is 1.12 bits per heavy atom. The van der Waals surface area contributed by atoms with Crippen LogP contribution in [-0.4, -0.2) is 73.8 Å². The number of imide groups is 1. The number of ether oxygens (including phenoxy) is 2. The highest BCUT2D eigenvalue weighted by Gasteiger charge is 2.39. The van der Waals surface area contributed by atoms with E-state index in [-0.39, 0.29) is 23.9 Å². The molecule has 1 aliphatic carbocycles. The van der Waals surface area contributed by atoms with Crippen molar-refractivity contribution in [1.82, 2.24) is 24.8 Å². The number of hydrogen-bond acceptors (Lipinski definition) is 10. The Morgan fingerprint density at radius 2 is 1.88 bits per heavy atom. The van der Waals surface area contributed by atoms with Crippen LogP contribution in [0, 0.1) is 13.8 Å². The van der Waals surface area contributed by atoms with E-state index in [2.05, 4.69) is 20.7 Å². The number of aromatic nitrogens is 3. The van der Waals surface area contributed by atoms with Gasteiger partial charge in [-0.1, -0.05) is 13.0 Å². The number of aliphatic carboxylic acids is 1. The number of carboxylic acids is 1. The van der Waals surface area contributed by atoms with Crippen LogP contribution in [0.5, 0.6) is 0 Å².